The third-order valence-electron chi connectivity index (χ3n) is 0. The number of hydrogen-bond donors (Lipinski definition) is 0. The third kappa shape index (κ3) is 8.82. The summed E-state index contributed by atoms with van der Waals surface area (Å²) in [5.41, 5.74) is 0. The smallest absolute Gasteiger partial charge is 0.0125 e. The van der Waals surface area contributed by atoms with Crippen LogP contribution in [0.2, 0.25) is 0 Å². The van der Waals surface area contributed by atoms with Crippen molar-refractivity contribution in [2.24, 2.45) is 0 Å². The molecular formula is H6AlNbSiY. The fourth-order valence-electron chi connectivity index (χ4n) is 0. The molecule has 3 radical (unpaired) electrons. The van der Waals surface area contributed by atoms with E-state index in [0.717, 1.165) is 0 Å². The van der Waals surface area contributed by atoms with Crippen LogP contribution >= 0.6 is 0 Å². The summed E-state index contributed by atoms with van der Waals surface area (Å²) in [6, 6.07) is 0. The second kappa shape index (κ2) is 17.5. The zero-order valence-electron chi connectivity index (χ0n) is 2.02. The minimum Gasteiger partial charge on any atom is -0.0125 e. The summed E-state index contributed by atoms with van der Waals surface area (Å²) >= 11 is 0. The van der Waals surface area contributed by atoms with Crippen molar-refractivity contribution < 1.29 is 55.1 Å². The van der Waals surface area contributed by atoms with E-state index in [0.29, 0.717) is 0 Å². The fraction of sp³-hybridized carbons (Fsp3) is 0. The van der Waals surface area contributed by atoms with Crippen LogP contribution in [0, 0.1) is 0 Å². The Morgan fingerprint density at radius 3 is 1.00 bits per heavy atom. The summed E-state index contributed by atoms with van der Waals surface area (Å²) < 4.78 is 0. The van der Waals surface area contributed by atoms with Crippen LogP contribution in [0.3, 0.4) is 0 Å². The molecule has 0 aromatic carbocycles. The predicted octanol–water partition coefficient (Wildman–Crippen LogP) is -2.37. The Kier molecular flexibility index (Phi) is 135. The summed E-state index contributed by atoms with van der Waals surface area (Å²) in [5, 5.41) is 0. The van der Waals surface area contributed by atoms with Crippen molar-refractivity contribution in [3.05, 3.63) is 0 Å². The van der Waals surface area contributed by atoms with Gasteiger partial charge in [0, 0.05) is 55.1 Å². The first-order valence-corrected chi connectivity index (χ1v) is 0. The fourth-order valence-corrected chi connectivity index (χ4v) is 0. The molecule has 0 bridgehead atoms. The zero-order valence-corrected chi connectivity index (χ0v) is 9.06. The molecule has 4 heteroatoms. The first-order chi connectivity index (χ1) is 0. The summed E-state index contributed by atoms with van der Waals surface area (Å²) in [6.45, 7) is 0. The molecule has 0 saturated heterocycles. The van der Waals surface area contributed by atoms with Crippen LogP contribution < -0.4 is 0 Å². The Balaban J connectivity index is 0. The average Bonchev–Trinajstić information content (AvgIpc) is 0. The van der Waals surface area contributed by atoms with Crippen molar-refractivity contribution in [3.8, 4) is 0 Å². The minimum absolute atomic E-state index is 0. The second-order valence-corrected chi connectivity index (χ2v) is 0. The molecule has 0 unspecified atom stereocenters. The predicted molar refractivity (Wildman–Crippen MR) is 19.9 cm³/mol. The van der Waals surface area contributed by atoms with E-state index in [1.165, 1.54) is 0 Å². The summed E-state index contributed by atoms with van der Waals surface area (Å²) in [4.78, 5) is 0. The first-order valence-electron chi connectivity index (χ1n) is 0. The van der Waals surface area contributed by atoms with Gasteiger partial charge in [-0.2, -0.15) is 0 Å². The van der Waals surface area contributed by atoms with E-state index >= 15 is 0 Å². The van der Waals surface area contributed by atoms with Crippen LogP contribution in [0.1, 0.15) is 0 Å². The van der Waals surface area contributed by atoms with Gasteiger partial charge in [0.1, 0.15) is 0 Å². The van der Waals surface area contributed by atoms with E-state index in [-0.39, 0.29) is 83.4 Å². The number of hydrogen-bond acceptors (Lipinski definition) is 0. The third-order valence-corrected chi connectivity index (χ3v) is 0. The molecule has 0 amide bonds. The molecule has 21 valence electrons. The van der Waals surface area contributed by atoms with Crippen molar-refractivity contribution in [2.45, 2.75) is 0 Å². The molecule has 0 aromatic heterocycles. The Bertz CT molecular complexity index is 8.00. The zero-order chi connectivity index (χ0) is 0. The summed E-state index contributed by atoms with van der Waals surface area (Å²) in [5.74, 6) is 0. The van der Waals surface area contributed by atoms with E-state index in [1.807, 2.05) is 0 Å². The molecule has 0 N–H and O–H groups in total. The van der Waals surface area contributed by atoms with E-state index in [4.69, 9.17) is 0 Å². The normalized spacial score (nSPS) is 0. The van der Waals surface area contributed by atoms with Crippen LogP contribution in [-0.4, -0.2) is 28.3 Å². The molecule has 0 aliphatic heterocycles. The van der Waals surface area contributed by atoms with Gasteiger partial charge in [-0.25, -0.2) is 0 Å². The summed E-state index contributed by atoms with van der Waals surface area (Å²) in [7, 11) is 0. The van der Waals surface area contributed by atoms with Crippen LogP contribution in [0.4, 0.5) is 0 Å². The van der Waals surface area contributed by atoms with Gasteiger partial charge >= 0.3 is 0 Å². The quantitative estimate of drug-likeness (QED) is 0.417. The van der Waals surface area contributed by atoms with Crippen molar-refractivity contribution in [3.63, 3.8) is 0 Å². The van der Waals surface area contributed by atoms with Crippen molar-refractivity contribution in [1.29, 1.82) is 0 Å². The van der Waals surface area contributed by atoms with E-state index in [2.05, 4.69) is 0 Å². The summed E-state index contributed by atoms with van der Waals surface area (Å²) in [6.07, 6.45) is 0. The molecule has 4 heavy (non-hydrogen) atoms. The van der Waals surface area contributed by atoms with Gasteiger partial charge in [-0.1, -0.05) is 0 Å². The average molecular weight is 243 g/mol. The molecule has 0 spiro atoms. The van der Waals surface area contributed by atoms with Gasteiger partial charge in [0.2, 0.25) is 0 Å². The maximum atomic E-state index is 0. The van der Waals surface area contributed by atoms with Crippen molar-refractivity contribution in [1.82, 2.24) is 0 Å². The molecule has 0 aliphatic carbocycles. The van der Waals surface area contributed by atoms with Crippen LogP contribution in [-0.2, 0) is 55.1 Å². The van der Waals surface area contributed by atoms with Gasteiger partial charge in [-0.15, -0.1) is 0 Å². The topological polar surface area (TPSA) is 0 Å². The van der Waals surface area contributed by atoms with E-state index in [1.54, 1.807) is 0 Å². The molecule has 0 nitrogen and oxygen atoms in total. The first kappa shape index (κ1) is 30.7. The Morgan fingerprint density at radius 2 is 1.00 bits per heavy atom. The monoisotopic (exact) mass is 243 g/mol. The molecule has 0 heterocycles. The standard InChI is InChI=1S/Al.Nb.H3Si.Y.3H/h;;1H3;;;;. The van der Waals surface area contributed by atoms with Crippen LogP contribution in [0.15, 0.2) is 0 Å². The van der Waals surface area contributed by atoms with Gasteiger partial charge in [0.15, 0.2) is 17.4 Å². The molecule has 0 aromatic rings. The Labute approximate surface area is 82.0 Å². The van der Waals surface area contributed by atoms with E-state index < -0.39 is 0 Å². The van der Waals surface area contributed by atoms with Gasteiger partial charge in [-0.05, 0) is 11.0 Å². The molecule has 0 aliphatic rings. The van der Waals surface area contributed by atoms with Gasteiger partial charge in [0.25, 0.3) is 0 Å². The molecule has 0 atom stereocenters. The number of rotatable bonds is 0. The Morgan fingerprint density at radius 1 is 1.00 bits per heavy atom. The molecule has 0 rings (SSSR count). The van der Waals surface area contributed by atoms with Crippen LogP contribution in [0.25, 0.3) is 0 Å². The maximum absolute atomic E-state index is 0. The van der Waals surface area contributed by atoms with Gasteiger partial charge in [-0.3, -0.25) is 0 Å². The van der Waals surface area contributed by atoms with Gasteiger partial charge in [0.05, 0.1) is 0 Å². The van der Waals surface area contributed by atoms with Crippen LogP contribution in [0.5, 0.6) is 0 Å². The second-order valence-electron chi connectivity index (χ2n) is 0. The maximum Gasteiger partial charge on any atom is 0.187 e. The van der Waals surface area contributed by atoms with Gasteiger partial charge < -0.3 is 0 Å². The molecule has 0 saturated carbocycles. The van der Waals surface area contributed by atoms with Crippen molar-refractivity contribution in [2.75, 3.05) is 0 Å². The molecular weight excluding hydrogens is 237 g/mol. The molecule has 0 fully saturated rings. The van der Waals surface area contributed by atoms with Crippen molar-refractivity contribution >= 4 is 28.3 Å². The SMILES string of the molecule is [AlH3].[Nb].[SiH3].[Y]. The van der Waals surface area contributed by atoms with E-state index in [9.17, 15) is 0 Å². The largest absolute Gasteiger partial charge is 0.187 e. The minimum atomic E-state index is 0. The Hall–Kier alpha value is 2.59.